The van der Waals surface area contributed by atoms with Crippen LogP contribution in [0.1, 0.15) is 119 Å². The highest BCUT2D eigenvalue weighted by atomic mass is 32.1. The van der Waals surface area contributed by atoms with Crippen molar-refractivity contribution in [2.75, 3.05) is 86.5 Å². The molecule has 396 valence electrons. The van der Waals surface area contributed by atoms with Gasteiger partial charge in [-0.25, -0.2) is 10.4 Å². The number of methoxy groups -OCH3 is 1. The van der Waals surface area contributed by atoms with Gasteiger partial charge in [-0.05, 0) is 126 Å². The highest BCUT2D eigenvalue weighted by Crippen LogP contribution is 2.47. The summed E-state index contributed by atoms with van der Waals surface area (Å²) in [6.07, 6.45) is 8.63. The molecule has 2 amide bonds. The number of esters is 1. The number of nitrogens with zero attached hydrogens (tertiary/aromatic N) is 6. The number of likely N-dealkylation sites (tertiary alicyclic amines) is 1. The van der Waals surface area contributed by atoms with Gasteiger partial charge in [0.25, 0.3) is 5.91 Å². The van der Waals surface area contributed by atoms with Crippen molar-refractivity contribution in [1.82, 2.24) is 40.1 Å². The number of carbonyl (C=O) groups excluding carboxylic acids is 3. The van der Waals surface area contributed by atoms with Gasteiger partial charge < -0.3 is 38.5 Å². The molecule has 73 heavy (non-hydrogen) atoms. The van der Waals surface area contributed by atoms with Crippen molar-refractivity contribution < 1.29 is 38.1 Å². The summed E-state index contributed by atoms with van der Waals surface area (Å²) in [7, 11) is 3.96. The molecule has 1 aromatic carbocycles. The number of carbonyl (C=O) groups is 3. The van der Waals surface area contributed by atoms with Gasteiger partial charge in [0, 0.05) is 91.4 Å². The Morgan fingerprint density at radius 1 is 0.973 bits per heavy atom. The van der Waals surface area contributed by atoms with E-state index < -0.39 is 29.5 Å². The lowest BCUT2D eigenvalue weighted by atomic mass is 9.83. The molecule has 6 aliphatic rings. The molecule has 6 bridgehead atoms. The van der Waals surface area contributed by atoms with E-state index in [1.165, 1.54) is 16.9 Å². The fraction of sp³-hybridized carbons (Fsp3) is 0.661. The smallest absolute Gasteiger partial charge is 0.324 e. The molecule has 16 nitrogen and oxygen atoms in total. The zero-order chi connectivity index (χ0) is 51.0. The van der Waals surface area contributed by atoms with E-state index in [1.54, 1.807) is 12.1 Å². The van der Waals surface area contributed by atoms with Gasteiger partial charge in [0.15, 0.2) is 0 Å². The fourth-order valence-corrected chi connectivity index (χ4v) is 13.1. The molecule has 4 aromatic rings. The maximum absolute atomic E-state index is 15.1. The SMILES string of the molecule is CO[C@@H](C)c1ncc([C@H]2CCCN(C)CC2)cc1-c1c2c3cc(ccc3n1CCOC1CCOCC1)-c1csc(n1)[C@@H](N1CCOCC1)[C@H](NC(=O)C1[C@@H](C)[C@H]1C)C(=O)N1CCC[C@H](N1)C(=O)OCC(C)(C)C2. The summed E-state index contributed by atoms with van der Waals surface area (Å²) in [6, 6.07) is 6.74. The molecule has 17 heteroatoms. The van der Waals surface area contributed by atoms with Crippen LogP contribution < -0.4 is 10.7 Å². The Labute approximate surface area is 435 Å². The van der Waals surface area contributed by atoms with E-state index in [2.05, 4.69) is 103 Å². The van der Waals surface area contributed by atoms with Crippen LogP contribution in [-0.4, -0.2) is 152 Å². The maximum atomic E-state index is 15.1. The lowest BCUT2D eigenvalue weighted by Gasteiger charge is -2.41. The molecule has 2 N–H and O–H groups in total. The van der Waals surface area contributed by atoms with Crippen LogP contribution in [0.5, 0.6) is 0 Å². The minimum Gasteiger partial charge on any atom is -0.464 e. The van der Waals surface area contributed by atoms with Gasteiger partial charge in [0.1, 0.15) is 17.1 Å². The molecule has 0 radical (unpaired) electrons. The first kappa shape index (κ1) is 52.1. The van der Waals surface area contributed by atoms with Crippen LogP contribution in [-0.2, 0) is 51.0 Å². The topological polar surface area (TPSA) is 162 Å². The number of cyclic esters (lactones) is 1. The minimum atomic E-state index is -0.981. The molecule has 1 unspecified atom stereocenters. The number of hydrogen-bond acceptors (Lipinski definition) is 14. The Balaban J connectivity index is 1.15. The number of morpholine rings is 1. The van der Waals surface area contributed by atoms with E-state index >= 15 is 4.79 Å². The fourth-order valence-electron chi connectivity index (χ4n) is 12.1. The van der Waals surface area contributed by atoms with Crippen LogP contribution in [0.4, 0.5) is 0 Å². The highest BCUT2D eigenvalue weighted by Gasteiger charge is 2.51. The third-order valence-electron chi connectivity index (χ3n) is 16.9. The largest absolute Gasteiger partial charge is 0.464 e. The Morgan fingerprint density at radius 3 is 2.51 bits per heavy atom. The number of pyridine rings is 1. The van der Waals surface area contributed by atoms with E-state index in [-0.39, 0.29) is 48.4 Å². The average Bonchev–Trinajstić information content (AvgIpc) is 3.66. The molecular formula is C56H78N8O8S. The first-order chi connectivity index (χ1) is 35.3. The third-order valence-corrected chi connectivity index (χ3v) is 17.8. The van der Waals surface area contributed by atoms with E-state index in [9.17, 15) is 9.59 Å². The molecule has 1 aliphatic carbocycles. The second-order valence-electron chi connectivity index (χ2n) is 22.6. The Kier molecular flexibility index (Phi) is 16.1. The van der Waals surface area contributed by atoms with Gasteiger partial charge in [0.2, 0.25) is 5.91 Å². The van der Waals surface area contributed by atoms with Gasteiger partial charge in [-0.2, -0.15) is 0 Å². The summed E-state index contributed by atoms with van der Waals surface area (Å²) in [5, 5.41) is 8.72. The predicted molar refractivity (Wildman–Crippen MR) is 281 cm³/mol. The number of benzene rings is 1. The summed E-state index contributed by atoms with van der Waals surface area (Å²) in [4.78, 5) is 59.0. The van der Waals surface area contributed by atoms with E-state index in [4.69, 9.17) is 33.7 Å². The van der Waals surface area contributed by atoms with Gasteiger partial charge in [-0.3, -0.25) is 29.3 Å². The van der Waals surface area contributed by atoms with Crippen LogP contribution in [0.15, 0.2) is 35.8 Å². The molecule has 5 fully saturated rings. The first-order valence-corrected chi connectivity index (χ1v) is 28.0. The number of hydrazine groups is 1. The number of fused-ring (bicyclic) bond motifs is 6. The lowest BCUT2D eigenvalue weighted by molar-refractivity contribution is -0.156. The molecule has 8 heterocycles. The van der Waals surface area contributed by atoms with Crippen molar-refractivity contribution in [2.24, 2.45) is 23.2 Å². The minimum absolute atomic E-state index is 0.132. The van der Waals surface area contributed by atoms with E-state index in [0.29, 0.717) is 84.4 Å². The summed E-state index contributed by atoms with van der Waals surface area (Å²) in [5.74, 6) is -0.220. The molecule has 1 saturated carbocycles. The Bertz CT molecular complexity index is 2600. The zero-order valence-corrected chi connectivity index (χ0v) is 45.0. The van der Waals surface area contributed by atoms with Gasteiger partial charge >= 0.3 is 5.97 Å². The third kappa shape index (κ3) is 11.3. The van der Waals surface area contributed by atoms with Gasteiger partial charge in [-0.1, -0.05) is 33.8 Å². The summed E-state index contributed by atoms with van der Waals surface area (Å²) < 4.78 is 33.1. The van der Waals surface area contributed by atoms with Crippen LogP contribution in [0.25, 0.3) is 33.4 Å². The second kappa shape index (κ2) is 22.5. The molecular weight excluding hydrogens is 945 g/mol. The quantitative estimate of drug-likeness (QED) is 0.144. The van der Waals surface area contributed by atoms with Crippen LogP contribution in [0, 0.1) is 23.2 Å². The number of ether oxygens (including phenoxy) is 5. The van der Waals surface area contributed by atoms with Crippen molar-refractivity contribution >= 4 is 40.0 Å². The van der Waals surface area contributed by atoms with E-state index in [0.717, 1.165) is 94.9 Å². The molecule has 0 spiro atoms. The Morgan fingerprint density at radius 2 is 1.74 bits per heavy atom. The van der Waals surface area contributed by atoms with Crippen molar-refractivity contribution in [3.63, 3.8) is 0 Å². The predicted octanol–water partition coefficient (Wildman–Crippen LogP) is 7.31. The number of nitrogens with one attached hydrogen (secondary N) is 2. The molecule has 4 saturated heterocycles. The Hall–Kier alpha value is -4.33. The highest BCUT2D eigenvalue weighted by molar-refractivity contribution is 7.10. The van der Waals surface area contributed by atoms with Crippen LogP contribution >= 0.6 is 11.3 Å². The summed E-state index contributed by atoms with van der Waals surface area (Å²) in [5.41, 5.74) is 10.9. The molecule has 5 aliphatic heterocycles. The van der Waals surface area contributed by atoms with Gasteiger partial charge in [-0.15, -0.1) is 11.3 Å². The second-order valence-corrected chi connectivity index (χ2v) is 23.5. The maximum Gasteiger partial charge on any atom is 0.324 e. The van der Waals surface area contributed by atoms with Crippen LogP contribution in [0.3, 0.4) is 0 Å². The summed E-state index contributed by atoms with van der Waals surface area (Å²) >= 11 is 1.51. The number of aromatic nitrogens is 3. The van der Waals surface area contributed by atoms with Crippen molar-refractivity contribution in [3.8, 4) is 22.5 Å². The van der Waals surface area contributed by atoms with Crippen molar-refractivity contribution in [2.45, 2.75) is 129 Å². The number of amides is 2. The molecule has 3 aromatic heterocycles. The van der Waals surface area contributed by atoms with Gasteiger partial charge in [0.05, 0.1) is 61.8 Å². The number of rotatable bonds is 11. The normalized spacial score (nSPS) is 28.3. The number of thiazole rings is 1. The van der Waals surface area contributed by atoms with Crippen molar-refractivity contribution in [3.05, 3.63) is 57.7 Å². The average molecular weight is 1020 g/mol. The number of hydrogen-bond donors (Lipinski definition) is 2. The van der Waals surface area contributed by atoms with Crippen molar-refractivity contribution in [1.29, 1.82) is 0 Å². The standard InChI is InChI=1S/C56H78N8O8S/c1-34-35(2)47(34)52(65)59-49-51(62-20-25-70-26-21-62)53-58-45(32-73-53)38-12-13-46-41(28-38)43(30-56(4,5)33-72-55(67)44-11-9-18-64(60-44)54(49)66)50(63(46)22-27-71-40-15-23-69-24-16-40)42-29-39(31-57-48(42)36(3)68-7)37-10-8-17-61(6)19-14-37/h12-13,28-29,31-32,34-37,40,44,47,49,51,60H,8-11,14-27,30,33H2,1-7H3,(H,59,65)/t34-,35+,36-,37-,44-,47?,49-,51-/m0/s1. The monoisotopic (exact) mass is 1020 g/mol. The van der Waals surface area contributed by atoms with E-state index in [1.807, 2.05) is 0 Å². The lowest BCUT2D eigenvalue weighted by Crippen LogP contribution is -2.63. The summed E-state index contributed by atoms with van der Waals surface area (Å²) in [6.45, 7) is 17.9. The zero-order valence-electron chi connectivity index (χ0n) is 44.2. The molecule has 10 rings (SSSR count). The molecule has 8 atom stereocenters. The first-order valence-electron chi connectivity index (χ1n) is 27.2. The van der Waals surface area contributed by atoms with Crippen LogP contribution in [0.2, 0.25) is 0 Å².